The molecule has 2 aliphatic rings. The van der Waals surface area contributed by atoms with Gasteiger partial charge in [-0.15, -0.1) is 11.8 Å². The first kappa shape index (κ1) is 9.40. The first-order valence-electron chi connectivity index (χ1n) is 5.42. The van der Waals surface area contributed by atoms with Gasteiger partial charge in [-0.2, -0.15) is 0 Å². The standard InChI is InChI=1S/C12H15NOS/c1-14-9-3-4-10-11(7-9)15-12(8-13-10)5-2-6-12/h3-4,7,13H,2,5-6,8H2,1H3. The lowest BCUT2D eigenvalue weighted by Crippen LogP contribution is -2.42. The third-order valence-corrected chi connectivity index (χ3v) is 4.92. The van der Waals surface area contributed by atoms with Gasteiger partial charge in [-0.1, -0.05) is 6.42 Å². The Hall–Kier alpha value is -0.830. The molecule has 0 saturated heterocycles. The van der Waals surface area contributed by atoms with Gasteiger partial charge in [-0.3, -0.25) is 0 Å². The number of hydrogen-bond donors (Lipinski definition) is 1. The van der Waals surface area contributed by atoms with Crippen molar-refractivity contribution in [2.45, 2.75) is 28.9 Å². The van der Waals surface area contributed by atoms with Crippen molar-refractivity contribution in [3.63, 3.8) is 0 Å². The Kier molecular flexibility index (Phi) is 2.09. The highest BCUT2D eigenvalue weighted by atomic mass is 32.2. The van der Waals surface area contributed by atoms with Crippen molar-refractivity contribution < 1.29 is 4.74 Å². The maximum absolute atomic E-state index is 5.26. The van der Waals surface area contributed by atoms with Gasteiger partial charge in [0.15, 0.2) is 0 Å². The zero-order chi connectivity index (χ0) is 10.3. The predicted molar refractivity (Wildman–Crippen MR) is 63.9 cm³/mol. The molecule has 0 atom stereocenters. The van der Waals surface area contributed by atoms with Gasteiger partial charge in [0, 0.05) is 21.9 Å². The van der Waals surface area contributed by atoms with E-state index < -0.39 is 0 Å². The minimum atomic E-state index is 0.485. The largest absolute Gasteiger partial charge is 0.497 e. The van der Waals surface area contributed by atoms with Crippen LogP contribution in [-0.2, 0) is 0 Å². The van der Waals surface area contributed by atoms with Crippen molar-refractivity contribution in [2.75, 3.05) is 19.0 Å². The Labute approximate surface area is 94.4 Å². The molecule has 1 aliphatic carbocycles. The van der Waals surface area contributed by atoms with E-state index in [1.807, 2.05) is 17.8 Å². The highest BCUT2D eigenvalue weighted by Gasteiger charge is 2.40. The van der Waals surface area contributed by atoms with Crippen LogP contribution >= 0.6 is 11.8 Å². The number of hydrogen-bond acceptors (Lipinski definition) is 3. The van der Waals surface area contributed by atoms with Gasteiger partial charge < -0.3 is 10.1 Å². The summed E-state index contributed by atoms with van der Waals surface area (Å²) in [6.45, 7) is 1.12. The lowest BCUT2D eigenvalue weighted by molar-refractivity contribution is 0.376. The predicted octanol–water partition coefficient (Wildman–Crippen LogP) is 3.14. The van der Waals surface area contributed by atoms with Crippen molar-refractivity contribution in [2.24, 2.45) is 0 Å². The molecule has 3 heteroatoms. The Morgan fingerprint density at radius 2 is 2.27 bits per heavy atom. The number of methoxy groups -OCH3 is 1. The average Bonchev–Trinajstić information content (AvgIpc) is 2.25. The fourth-order valence-corrected chi connectivity index (χ4v) is 3.76. The summed E-state index contributed by atoms with van der Waals surface area (Å²) >= 11 is 2.03. The average molecular weight is 221 g/mol. The molecule has 80 valence electrons. The third-order valence-electron chi connectivity index (χ3n) is 3.38. The highest BCUT2D eigenvalue weighted by Crippen LogP contribution is 2.52. The van der Waals surface area contributed by atoms with Crippen LogP contribution in [0.2, 0.25) is 0 Å². The summed E-state index contributed by atoms with van der Waals surface area (Å²) in [5.74, 6) is 0.958. The molecule has 1 aromatic rings. The number of anilines is 1. The van der Waals surface area contributed by atoms with Gasteiger partial charge in [-0.25, -0.2) is 0 Å². The Morgan fingerprint density at radius 1 is 1.40 bits per heavy atom. The molecule has 15 heavy (non-hydrogen) atoms. The molecule has 1 heterocycles. The molecule has 1 fully saturated rings. The second-order valence-electron chi connectivity index (χ2n) is 4.35. The fraction of sp³-hybridized carbons (Fsp3) is 0.500. The number of thioether (sulfide) groups is 1. The minimum absolute atomic E-state index is 0.485. The van der Waals surface area contributed by atoms with Crippen LogP contribution in [0.25, 0.3) is 0 Å². The summed E-state index contributed by atoms with van der Waals surface area (Å²) in [7, 11) is 1.72. The monoisotopic (exact) mass is 221 g/mol. The van der Waals surface area contributed by atoms with Crippen molar-refractivity contribution in [3.05, 3.63) is 18.2 Å². The van der Waals surface area contributed by atoms with Crippen LogP contribution in [0.5, 0.6) is 5.75 Å². The second-order valence-corrected chi connectivity index (χ2v) is 5.86. The molecule has 0 bridgehead atoms. The highest BCUT2D eigenvalue weighted by molar-refractivity contribution is 8.01. The van der Waals surface area contributed by atoms with Crippen molar-refractivity contribution in [1.29, 1.82) is 0 Å². The quantitative estimate of drug-likeness (QED) is 0.787. The lowest BCUT2D eigenvalue weighted by Gasteiger charge is -2.44. The molecular weight excluding hydrogens is 206 g/mol. The molecule has 0 amide bonds. The molecule has 1 spiro atoms. The zero-order valence-corrected chi connectivity index (χ0v) is 9.69. The summed E-state index contributed by atoms with van der Waals surface area (Å²) in [5.41, 5.74) is 1.26. The van der Waals surface area contributed by atoms with E-state index in [2.05, 4.69) is 17.4 Å². The van der Waals surface area contributed by atoms with Crippen LogP contribution in [0, 0.1) is 0 Å². The zero-order valence-electron chi connectivity index (χ0n) is 8.88. The van der Waals surface area contributed by atoms with Crippen LogP contribution in [-0.4, -0.2) is 18.4 Å². The Bertz CT molecular complexity index is 387. The molecule has 2 nitrogen and oxygen atoms in total. The van der Waals surface area contributed by atoms with Crippen molar-refractivity contribution >= 4 is 17.4 Å². The molecule has 1 aliphatic heterocycles. The number of nitrogens with one attached hydrogen (secondary N) is 1. The molecule has 0 radical (unpaired) electrons. The molecule has 0 aromatic heterocycles. The van der Waals surface area contributed by atoms with E-state index >= 15 is 0 Å². The van der Waals surface area contributed by atoms with Crippen LogP contribution in [0.3, 0.4) is 0 Å². The van der Waals surface area contributed by atoms with E-state index in [-0.39, 0.29) is 0 Å². The van der Waals surface area contributed by atoms with Gasteiger partial charge >= 0.3 is 0 Å². The summed E-state index contributed by atoms with van der Waals surface area (Å²) < 4.78 is 5.74. The van der Waals surface area contributed by atoms with Crippen LogP contribution in [0.15, 0.2) is 23.1 Å². The minimum Gasteiger partial charge on any atom is -0.497 e. The van der Waals surface area contributed by atoms with Gasteiger partial charge in [0.05, 0.1) is 7.11 Å². The summed E-state index contributed by atoms with van der Waals surface area (Å²) in [6, 6.07) is 6.28. The van der Waals surface area contributed by atoms with E-state index in [0.29, 0.717) is 4.75 Å². The van der Waals surface area contributed by atoms with E-state index in [1.165, 1.54) is 29.8 Å². The molecule has 1 N–H and O–H groups in total. The van der Waals surface area contributed by atoms with Crippen molar-refractivity contribution in [3.8, 4) is 5.75 Å². The van der Waals surface area contributed by atoms with Crippen LogP contribution in [0.4, 0.5) is 5.69 Å². The summed E-state index contributed by atoms with van der Waals surface area (Å²) in [5, 5.41) is 3.53. The Morgan fingerprint density at radius 3 is 2.93 bits per heavy atom. The number of fused-ring (bicyclic) bond motifs is 1. The van der Waals surface area contributed by atoms with Gasteiger partial charge in [0.25, 0.3) is 0 Å². The smallest absolute Gasteiger partial charge is 0.120 e. The van der Waals surface area contributed by atoms with E-state index in [4.69, 9.17) is 4.74 Å². The van der Waals surface area contributed by atoms with Gasteiger partial charge in [0.1, 0.15) is 5.75 Å². The second kappa shape index (κ2) is 3.34. The molecular formula is C12H15NOS. The molecule has 1 aromatic carbocycles. The fourth-order valence-electron chi connectivity index (χ4n) is 2.24. The summed E-state index contributed by atoms with van der Waals surface area (Å²) in [4.78, 5) is 1.35. The Balaban J connectivity index is 1.92. The number of rotatable bonds is 1. The normalized spacial score (nSPS) is 21.4. The van der Waals surface area contributed by atoms with Crippen LogP contribution in [0.1, 0.15) is 19.3 Å². The lowest BCUT2D eigenvalue weighted by atomic mass is 9.84. The van der Waals surface area contributed by atoms with E-state index in [9.17, 15) is 0 Å². The topological polar surface area (TPSA) is 21.3 Å². The van der Waals surface area contributed by atoms with E-state index in [0.717, 1.165) is 12.3 Å². The van der Waals surface area contributed by atoms with Crippen molar-refractivity contribution in [1.82, 2.24) is 0 Å². The molecule has 0 unspecified atom stereocenters. The van der Waals surface area contributed by atoms with Gasteiger partial charge in [0.2, 0.25) is 0 Å². The maximum atomic E-state index is 5.26. The number of ether oxygens (including phenoxy) is 1. The third kappa shape index (κ3) is 1.49. The first-order valence-corrected chi connectivity index (χ1v) is 6.24. The molecule has 1 saturated carbocycles. The molecule has 3 rings (SSSR count). The SMILES string of the molecule is COc1ccc2c(c1)SC1(CCC1)CN2. The van der Waals surface area contributed by atoms with Crippen LogP contribution < -0.4 is 10.1 Å². The number of benzene rings is 1. The summed E-state index contributed by atoms with van der Waals surface area (Å²) in [6.07, 6.45) is 4.08. The maximum Gasteiger partial charge on any atom is 0.120 e. The van der Waals surface area contributed by atoms with E-state index in [1.54, 1.807) is 7.11 Å². The first-order chi connectivity index (χ1) is 7.31. The van der Waals surface area contributed by atoms with Gasteiger partial charge in [-0.05, 0) is 31.0 Å².